The van der Waals surface area contributed by atoms with E-state index in [1.807, 2.05) is 14.1 Å². The fraction of sp³-hybridized carbons (Fsp3) is 0.304. The van der Waals surface area contributed by atoms with Crippen molar-refractivity contribution in [1.29, 1.82) is 0 Å². The van der Waals surface area contributed by atoms with Gasteiger partial charge in [0.15, 0.2) is 0 Å². The van der Waals surface area contributed by atoms with Crippen molar-refractivity contribution in [2.75, 3.05) is 32.5 Å². The third-order valence-electron chi connectivity index (χ3n) is 5.70. The van der Waals surface area contributed by atoms with Crippen molar-refractivity contribution in [1.82, 2.24) is 19.2 Å². The van der Waals surface area contributed by atoms with Crippen molar-refractivity contribution in [3.05, 3.63) is 66.6 Å². The third kappa shape index (κ3) is 4.95. The van der Waals surface area contributed by atoms with E-state index in [4.69, 9.17) is 0 Å². The molecule has 0 saturated carbocycles. The van der Waals surface area contributed by atoms with Gasteiger partial charge in [0.1, 0.15) is 5.82 Å². The highest BCUT2D eigenvalue weighted by atomic mass is 32.2. The maximum atomic E-state index is 13.2. The second kappa shape index (κ2) is 9.32. The molecule has 2 aromatic carbocycles. The highest BCUT2D eigenvalue weighted by Gasteiger charge is 2.29. The van der Waals surface area contributed by atoms with Crippen molar-refractivity contribution in [2.24, 2.45) is 0 Å². The van der Waals surface area contributed by atoms with Crippen LogP contribution in [-0.2, 0) is 10.0 Å². The first-order chi connectivity index (χ1) is 15.3. The fourth-order valence-electron chi connectivity index (χ4n) is 3.79. The lowest BCUT2D eigenvalue weighted by Crippen LogP contribution is -2.44. The molecule has 1 saturated heterocycles. The van der Waals surface area contributed by atoms with E-state index in [1.54, 1.807) is 53.0 Å². The van der Waals surface area contributed by atoms with Crippen LogP contribution in [0.25, 0.3) is 11.3 Å². The highest BCUT2D eigenvalue weighted by Crippen LogP contribution is 2.25. The molecule has 7 nitrogen and oxygen atoms in total. The number of sulfonamides is 1. The highest BCUT2D eigenvalue weighted by molar-refractivity contribution is 7.89. The second-order valence-corrected chi connectivity index (χ2v) is 9.96. The number of halogens is 1. The van der Waals surface area contributed by atoms with Crippen LogP contribution in [-0.4, -0.2) is 60.8 Å². The molecule has 0 radical (unpaired) electrons. The molecular formula is C23H26FN5O2S. The molecule has 0 unspecified atom stereocenters. The van der Waals surface area contributed by atoms with Crippen LogP contribution in [0.15, 0.2) is 65.7 Å². The number of anilines is 2. The molecule has 9 heteroatoms. The van der Waals surface area contributed by atoms with Crippen molar-refractivity contribution in [3.63, 3.8) is 0 Å². The normalized spacial score (nSPS) is 15.8. The summed E-state index contributed by atoms with van der Waals surface area (Å²) in [5.41, 5.74) is 2.10. The van der Waals surface area contributed by atoms with Crippen LogP contribution >= 0.6 is 0 Å². The zero-order valence-corrected chi connectivity index (χ0v) is 18.9. The smallest absolute Gasteiger partial charge is 0.243 e. The molecule has 1 N–H and O–H groups in total. The molecule has 1 aromatic heterocycles. The lowest BCUT2D eigenvalue weighted by atomic mass is 10.1. The Bertz CT molecular complexity index is 1160. The molecule has 1 fully saturated rings. The first-order valence-electron chi connectivity index (χ1n) is 10.5. The number of rotatable bonds is 6. The standard InChI is InChI=1S/C23H26FN5O2S/c1-28(2)20-12-15-29(16-13-20)32(30,31)21-9-7-19(8-10-21)26-23-25-14-11-22(27-23)17-3-5-18(24)6-4-17/h3-11,14,20H,12-13,15-16H2,1-2H3,(H,25,26,27). The number of hydrogen-bond acceptors (Lipinski definition) is 6. The van der Waals surface area contributed by atoms with Crippen LogP contribution in [0.3, 0.4) is 0 Å². The summed E-state index contributed by atoms with van der Waals surface area (Å²) in [6.45, 7) is 1.05. The number of nitrogens with zero attached hydrogens (tertiary/aromatic N) is 4. The average Bonchev–Trinajstić information content (AvgIpc) is 2.80. The molecule has 0 aliphatic carbocycles. The maximum absolute atomic E-state index is 13.2. The zero-order chi connectivity index (χ0) is 22.7. The molecule has 0 bridgehead atoms. The van der Waals surface area contributed by atoms with Crippen LogP contribution in [0.5, 0.6) is 0 Å². The summed E-state index contributed by atoms with van der Waals surface area (Å²) in [7, 11) is 0.533. The van der Waals surface area contributed by atoms with E-state index in [2.05, 4.69) is 20.2 Å². The van der Waals surface area contributed by atoms with Crippen LogP contribution in [0, 0.1) is 5.82 Å². The van der Waals surface area contributed by atoms with Gasteiger partial charge in [-0.3, -0.25) is 0 Å². The first-order valence-corrected chi connectivity index (χ1v) is 11.9. The van der Waals surface area contributed by atoms with Crippen molar-refractivity contribution < 1.29 is 12.8 Å². The van der Waals surface area contributed by atoms with Crippen LogP contribution in [0.2, 0.25) is 0 Å². The summed E-state index contributed by atoms with van der Waals surface area (Å²) in [5, 5.41) is 3.09. The summed E-state index contributed by atoms with van der Waals surface area (Å²) in [6.07, 6.45) is 3.27. The first kappa shape index (κ1) is 22.3. The van der Waals surface area contributed by atoms with Crippen LogP contribution < -0.4 is 5.32 Å². The minimum Gasteiger partial charge on any atom is -0.324 e. The van der Waals surface area contributed by atoms with Gasteiger partial charge >= 0.3 is 0 Å². The van der Waals surface area contributed by atoms with Gasteiger partial charge in [0.05, 0.1) is 10.6 Å². The third-order valence-corrected chi connectivity index (χ3v) is 7.61. The van der Waals surface area contributed by atoms with Crippen LogP contribution in [0.1, 0.15) is 12.8 Å². The Hall–Kier alpha value is -2.88. The number of nitrogens with one attached hydrogen (secondary N) is 1. The largest absolute Gasteiger partial charge is 0.324 e. The minimum absolute atomic E-state index is 0.271. The Kier molecular flexibility index (Phi) is 6.50. The van der Waals surface area contributed by atoms with E-state index in [1.165, 1.54) is 12.1 Å². The molecule has 1 aliphatic heterocycles. The van der Waals surface area contributed by atoms with Gasteiger partial charge in [0.2, 0.25) is 16.0 Å². The van der Waals surface area contributed by atoms with Gasteiger partial charge < -0.3 is 10.2 Å². The molecule has 0 spiro atoms. The monoisotopic (exact) mass is 455 g/mol. The Balaban J connectivity index is 1.45. The van der Waals surface area contributed by atoms with E-state index in [0.29, 0.717) is 36.5 Å². The second-order valence-electron chi connectivity index (χ2n) is 8.02. The van der Waals surface area contributed by atoms with E-state index in [0.717, 1.165) is 18.4 Å². The Morgan fingerprint density at radius 3 is 2.28 bits per heavy atom. The summed E-state index contributed by atoms with van der Waals surface area (Å²) in [6, 6.07) is 14.8. The van der Waals surface area contributed by atoms with Crippen molar-refractivity contribution in [3.8, 4) is 11.3 Å². The number of aromatic nitrogens is 2. The van der Waals surface area contributed by atoms with Gasteiger partial charge in [-0.15, -0.1) is 0 Å². The number of hydrogen-bond donors (Lipinski definition) is 1. The molecule has 168 valence electrons. The predicted molar refractivity (Wildman–Crippen MR) is 123 cm³/mol. The molecule has 32 heavy (non-hydrogen) atoms. The topological polar surface area (TPSA) is 78.4 Å². The van der Waals surface area contributed by atoms with Gasteiger partial charge in [0.25, 0.3) is 0 Å². The number of benzene rings is 2. The quantitative estimate of drug-likeness (QED) is 0.610. The van der Waals surface area contributed by atoms with E-state index < -0.39 is 10.0 Å². The van der Waals surface area contributed by atoms with Crippen molar-refractivity contribution in [2.45, 2.75) is 23.8 Å². The predicted octanol–water partition coefficient (Wildman–Crippen LogP) is 3.74. The summed E-state index contributed by atoms with van der Waals surface area (Å²) >= 11 is 0. The summed E-state index contributed by atoms with van der Waals surface area (Å²) in [4.78, 5) is 11.1. The van der Waals surface area contributed by atoms with Crippen molar-refractivity contribution >= 4 is 21.7 Å². The lowest BCUT2D eigenvalue weighted by Gasteiger charge is -2.34. The van der Waals surface area contributed by atoms with E-state index >= 15 is 0 Å². The van der Waals surface area contributed by atoms with Gasteiger partial charge in [-0.2, -0.15) is 4.31 Å². The van der Waals surface area contributed by atoms with E-state index in [9.17, 15) is 12.8 Å². The van der Waals surface area contributed by atoms with E-state index in [-0.39, 0.29) is 10.7 Å². The molecule has 0 atom stereocenters. The van der Waals surface area contributed by atoms with Gasteiger partial charge in [-0.25, -0.2) is 22.8 Å². The summed E-state index contributed by atoms with van der Waals surface area (Å²) in [5.74, 6) is 0.0615. The summed E-state index contributed by atoms with van der Waals surface area (Å²) < 4.78 is 40.7. The van der Waals surface area contributed by atoms with Crippen LogP contribution in [0.4, 0.5) is 16.0 Å². The molecular weight excluding hydrogens is 429 g/mol. The average molecular weight is 456 g/mol. The molecule has 4 rings (SSSR count). The molecule has 2 heterocycles. The van der Waals surface area contributed by atoms with Gasteiger partial charge in [0, 0.05) is 36.6 Å². The lowest BCUT2D eigenvalue weighted by molar-refractivity contribution is 0.196. The Morgan fingerprint density at radius 1 is 1.00 bits per heavy atom. The molecule has 3 aromatic rings. The maximum Gasteiger partial charge on any atom is 0.243 e. The fourth-order valence-corrected chi connectivity index (χ4v) is 5.26. The molecule has 1 aliphatic rings. The minimum atomic E-state index is -3.52. The molecule has 0 amide bonds. The number of piperidine rings is 1. The SMILES string of the molecule is CN(C)C1CCN(S(=O)(=O)c2ccc(Nc3nccc(-c4ccc(F)cc4)n3)cc2)CC1. The van der Waals surface area contributed by atoms with Gasteiger partial charge in [-0.1, -0.05) is 0 Å². The Labute approximate surface area is 188 Å². The Morgan fingerprint density at radius 2 is 1.66 bits per heavy atom. The van der Waals surface area contributed by atoms with Gasteiger partial charge in [-0.05, 0) is 81.5 Å². The zero-order valence-electron chi connectivity index (χ0n) is 18.1.